The summed E-state index contributed by atoms with van der Waals surface area (Å²) in [7, 11) is 0. The van der Waals surface area contributed by atoms with Crippen molar-refractivity contribution in [2.24, 2.45) is 0 Å². The van der Waals surface area contributed by atoms with E-state index in [9.17, 15) is 0 Å². The standard InChI is InChI=1S/C10H12N4/c11-7-2-3-8-9(6-7)14-5-1-4-12-10(14)13-8/h2-3,6H,1,4-5,11H2,(H,12,13). The number of imidazole rings is 1. The van der Waals surface area contributed by atoms with Gasteiger partial charge in [-0.3, -0.25) is 0 Å². The van der Waals surface area contributed by atoms with Crippen LogP contribution in [-0.2, 0) is 6.54 Å². The third-order valence-corrected chi connectivity index (χ3v) is 2.61. The number of fused-ring (bicyclic) bond motifs is 3. The SMILES string of the molecule is Nc1ccc2nc3n(c2c1)CCCN3. The fourth-order valence-electron chi connectivity index (χ4n) is 1.94. The van der Waals surface area contributed by atoms with E-state index in [1.54, 1.807) is 0 Å². The van der Waals surface area contributed by atoms with E-state index < -0.39 is 0 Å². The third-order valence-electron chi connectivity index (χ3n) is 2.61. The number of anilines is 2. The Morgan fingerprint density at radius 2 is 2.36 bits per heavy atom. The zero-order valence-corrected chi connectivity index (χ0v) is 7.83. The Labute approximate surface area is 81.7 Å². The van der Waals surface area contributed by atoms with Gasteiger partial charge in [0.15, 0.2) is 0 Å². The molecular weight excluding hydrogens is 176 g/mol. The van der Waals surface area contributed by atoms with Crippen LogP contribution in [0.1, 0.15) is 6.42 Å². The van der Waals surface area contributed by atoms with Crippen LogP contribution < -0.4 is 11.1 Å². The Balaban J connectivity index is 2.32. The van der Waals surface area contributed by atoms with Crippen LogP contribution in [0.3, 0.4) is 0 Å². The first-order valence-corrected chi connectivity index (χ1v) is 4.84. The normalized spacial score (nSPS) is 15.1. The zero-order valence-electron chi connectivity index (χ0n) is 7.83. The molecule has 0 radical (unpaired) electrons. The number of hydrogen-bond donors (Lipinski definition) is 2. The van der Waals surface area contributed by atoms with Gasteiger partial charge in [-0.1, -0.05) is 0 Å². The van der Waals surface area contributed by atoms with Crippen molar-refractivity contribution >= 4 is 22.7 Å². The Morgan fingerprint density at radius 1 is 1.43 bits per heavy atom. The molecule has 3 N–H and O–H groups in total. The summed E-state index contributed by atoms with van der Waals surface area (Å²) in [6, 6.07) is 5.85. The van der Waals surface area contributed by atoms with Crippen molar-refractivity contribution in [3.63, 3.8) is 0 Å². The van der Waals surface area contributed by atoms with Crippen molar-refractivity contribution in [2.75, 3.05) is 17.6 Å². The maximum absolute atomic E-state index is 5.75. The van der Waals surface area contributed by atoms with Crippen molar-refractivity contribution in [3.05, 3.63) is 18.2 Å². The summed E-state index contributed by atoms with van der Waals surface area (Å²) in [5.74, 6) is 0.969. The van der Waals surface area contributed by atoms with Crippen LogP contribution >= 0.6 is 0 Å². The van der Waals surface area contributed by atoms with Gasteiger partial charge >= 0.3 is 0 Å². The van der Waals surface area contributed by atoms with Crippen LogP contribution in [0.4, 0.5) is 11.6 Å². The number of nitrogen functional groups attached to an aromatic ring is 1. The lowest BCUT2D eigenvalue weighted by atomic mass is 10.2. The molecule has 0 unspecified atom stereocenters. The summed E-state index contributed by atoms with van der Waals surface area (Å²) >= 11 is 0. The minimum Gasteiger partial charge on any atom is -0.399 e. The Hall–Kier alpha value is -1.71. The van der Waals surface area contributed by atoms with E-state index in [4.69, 9.17) is 5.73 Å². The Bertz CT molecular complexity index is 486. The molecule has 0 amide bonds. The van der Waals surface area contributed by atoms with E-state index in [-0.39, 0.29) is 0 Å². The van der Waals surface area contributed by atoms with Gasteiger partial charge in [0, 0.05) is 18.8 Å². The summed E-state index contributed by atoms with van der Waals surface area (Å²) in [4.78, 5) is 4.49. The van der Waals surface area contributed by atoms with Crippen molar-refractivity contribution in [1.82, 2.24) is 9.55 Å². The number of nitrogens with one attached hydrogen (secondary N) is 1. The molecule has 1 aliphatic heterocycles. The van der Waals surface area contributed by atoms with Crippen LogP contribution in [0.5, 0.6) is 0 Å². The van der Waals surface area contributed by atoms with E-state index in [1.165, 1.54) is 0 Å². The highest BCUT2D eigenvalue weighted by Crippen LogP contribution is 2.24. The first kappa shape index (κ1) is 7.67. The lowest BCUT2D eigenvalue weighted by Gasteiger charge is -2.15. The molecule has 0 spiro atoms. The van der Waals surface area contributed by atoms with Crippen molar-refractivity contribution in [2.45, 2.75) is 13.0 Å². The molecule has 2 heterocycles. The monoisotopic (exact) mass is 188 g/mol. The van der Waals surface area contributed by atoms with E-state index in [2.05, 4.69) is 14.9 Å². The average molecular weight is 188 g/mol. The number of aryl methyl sites for hydroxylation is 1. The molecule has 0 bridgehead atoms. The Morgan fingerprint density at radius 3 is 3.29 bits per heavy atom. The summed E-state index contributed by atoms with van der Waals surface area (Å²) in [5, 5.41) is 3.28. The molecule has 4 heteroatoms. The minimum absolute atomic E-state index is 0.797. The van der Waals surface area contributed by atoms with Crippen molar-refractivity contribution < 1.29 is 0 Å². The summed E-state index contributed by atoms with van der Waals surface area (Å²) in [6.07, 6.45) is 1.15. The van der Waals surface area contributed by atoms with Gasteiger partial charge in [-0.15, -0.1) is 0 Å². The second-order valence-electron chi connectivity index (χ2n) is 3.62. The molecule has 0 saturated heterocycles. The molecule has 1 aromatic heterocycles. The van der Waals surface area contributed by atoms with Gasteiger partial charge in [0.05, 0.1) is 11.0 Å². The van der Waals surface area contributed by atoms with Gasteiger partial charge in [0.1, 0.15) is 0 Å². The van der Waals surface area contributed by atoms with Gasteiger partial charge in [-0.05, 0) is 24.6 Å². The van der Waals surface area contributed by atoms with Crippen LogP contribution in [0, 0.1) is 0 Å². The maximum atomic E-state index is 5.75. The van der Waals surface area contributed by atoms with E-state index in [0.717, 1.165) is 42.2 Å². The second-order valence-corrected chi connectivity index (χ2v) is 3.62. The number of rotatable bonds is 0. The zero-order chi connectivity index (χ0) is 9.54. The molecule has 1 aliphatic rings. The number of nitrogens with two attached hydrogens (primary N) is 1. The van der Waals surface area contributed by atoms with Gasteiger partial charge < -0.3 is 15.6 Å². The maximum Gasteiger partial charge on any atom is 0.203 e. The van der Waals surface area contributed by atoms with Crippen LogP contribution in [0.15, 0.2) is 18.2 Å². The molecule has 72 valence electrons. The molecule has 4 nitrogen and oxygen atoms in total. The molecule has 2 aromatic rings. The molecule has 14 heavy (non-hydrogen) atoms. The molecule has 1 aromatic carbocycles. The van der Waals surface area contributed by atoms with Gasteiger partial charge in [-0.25, -0.2) is 4.98 Å². The van der Waals surface area contributed by atoms with E-state index >= 15 is 0 Å². The molecule has 0 fully saturated rings. The average Bonchev–Trinajstić information content (AvgIpc) is 2.56. The number of hydrogen-bond acceptors (Lipinski definition) is 3. The number of benzene rings is 1. The van der Waals surface area contributed by atoms with E-state index in [0.29, 0.717) is 0 Å². The molecule has 0 aliphatic carbocycles. The van der Waals surface area contributed by atoms with Crippen LogP contribution in [0.2, 0.25) is 0 Å². The molecular formula is C10H12N4. The lowest BCUT2D eigenvalue weighted by Crippen LogP contribution is -2.16. The fourth-order valence-corrected chi connectivity index (χ4v) is 1.94. The molecule has 0 atom stereocenters. The van der Waals surface area contributed by atoms with E-state index in [1.807, 2.05) is 18.2 Å². The number of aromatic nitrogens is 2. The third kappa shape index (κ3) is 0.968. The summed E-state index contributed by atoms with van der Waals surface area (Å²) in [5.41, 5.74) is 8.70. The van der Waals surface area contributed by atoms with Crippen LogP contribution in [-0.4, -0.2) is 16.1 Å². The predicted molar refractivity (Wildman–Crippen MR) is 57.3 cm³/mol. The summed E-state index contributed by atoms with van der Waals surface area (Å²) < 4.78 is 2.19. The van der Waals surface area contributed by atoms with Crippen LogP contribution in [0.25, 0.3) is 11.0 Å². The van der Waals surface area contributed by atoms with Crippen molar-refractivity contribution in [3.8, 4) is 0 Å². The quantitative estimate of drug-likeness (QED) is 0.615. The highest BCUT2D eigenvalue weighted by atomic mass is 15.2. The summed E-state index contributed by atoms with van der Waals surface area (Å²) in [6.45, 7) is 2.04. The van der Waals surface area contributed by atoms with Crippen molar-refractivity contribution in [1.29, 1.82) is 0 Å². The molecule has 3 rings (SSSR count). The fraction of sp³-hybridized carbons (Fsp3) is 0.300. The lowest BCUT2D eigenvalue weighted by molar-refractivity contribution is 0.642. The Kier molecular flexibility index (Phi) is 1.45. The second kappa shape index (κ2) is 2.64. The molecule has 0 saturated carbocycles. The first-order valence-electron chi connectivity index (χ1n) is 4.84. The van der Waals surface area contributed by atoms with Gasteiger partial charge in [0.25, 0.3) is 0 Å². The minimum atomic E-state index is 0.797. The topological polar surface area (TPSA) is 55.9 Å². The number of nitrogens with zero attached hydrogens (tertiary/aromatic N) is 2. The smallest absolute Gasteiger partial charge is 0.203 e. The predicted octanol–water partition coefficient (Wildman–Crippen LogP) is 1.43. The first-order chi connectivity index (χ1) is 6.84. The highest BCUT2D eigenvalue weighted by Gasteiger charge is 2.13. The highest BCUT2D eigenvalue weighted by molar-refractivity contribution is 5.82. The largest absolute Gasteiger partial charge is 0.399 e. The van der Waals surface area contributed by atoms with Gasteiger partial charge in [-0.2, -0.15) is 0 Å². The van der Waals surface area contributed by atoms with Gasteiger partial charge in [0.2, 0.25) is 5.95 Å².